The molecule has 2 N–H and O–H groups in total. The Morgan fingerprint density at radius 2 is 2.13 bits per heavy atom. The van der Waals surface area contributed by atoms with Gasteiger partial charge in [0, 0.05) is 0 Å². The smallest absolute Gasteiger partial charge is 0.387 e. The zero-order valence-corrected chi connectivity index (χ0v) is 14.1. The molecule has 23 heavy (non-hydrogen) atoms. The van der Waals surface area contributed by atoms with Gasteiger partial charge in [-0.25, -0.2) is 0 Å². The first-order chi connectivity index (χ1) is 10.4. The summed E-state index contributed by atoms with van der Waals surface area (Å²) in [5.74, 6) is 0.0236. The number of alkyl halides is 2. The number of amides is 1. The SMILES string of the molecule is CC(NC(=O)C1(C)CCCCN1)c1cccc(OC(F)F)c1.Cl. The van der Waals surface area contributed by atoms with Crippen LogP contribution in [0.4, 0.5) is 8.78 Å². The third kappa shape index (κ3) is 5.32. The van der Waals surface area contributed by atoms with E-state index >= 15 is 0 Å². The minimum atomic E-state index is -2.86. The van der Waals surface area contributed by atoms with Gasteiger partial charge in [0.05, 0.1) is 11.6 Å². The summed E-state index contributed by atoms with van der Waals surface area (Å²) in [7, 11) is 0. The van der Waals surface area contributed by atoms with E-state index in [-0.39, 0.29) is 30.1 Å². The standard InChI is InChI=1S/C16H22F2N2O2.ClH/c1-11(12-6-5-7-13(10-12)22-15(17)18)20-14(21)16(2)8-3-4-9-19-16;/h5-7,10-11,15,19H,3-4,8-9H2,1-2H3,(H,20,21);1H. The van der Waals surface area contributed by atoms with E-state index in [1.165, 1.54) is 12.1 Å². The van der Waals surface area contributed by atoms with Gasteiger partial charge in [0.1, 0.15) is 5.75 Å². The molecule has 1 aliphatic heterocycles. The fourth-order valence-corrected chi connectivity index (χ4v) is 2.65. The van der Waals surface area contributed by atoms with Gasteiger partial charge < -0.3 is 15.4 Å². The Balaban J connectivity index is 0.00000264. The lowest BCUT2D eigenvalue weighted by Crippen LogP contribution is -2.57. The van der Waals surface area contributed by atoms with Crippen LogP contribution in [0.5, 0.6) is 5.75 Å². The van der Waals surface area contributed by atoms with Gasteiger partial charge in [0.2, 0.25) is 5.91 Å². The number of rotatable bonds is 5. The number of benzene rings is 1. The van der Waals surface area contributed by atoms with Gasteiger partial charge in [0.15, 0.2) is 0 Å². The van der Waals surface area contributed by atoms with Gasteiger partial charge in [-0.2, -0.15) is 8.78 Å². The van der Waals surface area contributed by atoms with Crippen LogP contribution < -0.4 is 15.4 Å². The van der Waals surface area contributed by atoms with E-state index in [9.17, 15) is 13.6 Å². The van der Waals surface area contributed by atoms with Crippen LogP contribution in [0.15, 0.2) is 24.3 Å². The molecular weight excluding hydrogens is 326 g/mol. The quantitative estimate of drug-likeness (QED) is 0.857. The van der Waals surface area contributed by atoms with Crippen LogP contribution >= 0.6 is 12.4 Å². The summed E-state index contributed by atoms with van der Waals surface area (Å²) in [5, 5.41) is 6.20. The molecular formula is C16H23ClF2N2O2. The number of hydrogen-bond donors (Lipinski definition) is 2. The summed E-state index contributed by atoms with van der Waals surface area (Å²) in [5.41, 5.74) is 0.162. The molecule has 2 rings (SSSR count). The van der Waals surface area contributed by atoms with Gasteiger partial charge in [-0.1, -0.05) is 12.1 Å². The second-order valence-corrected chi connectivity index (χ2v) is 5.86. The second-order valence-electron chi connectivity index (χ2n) is 5.86. The number of carbonyl (C=O) groups excluding carboxylic acids is 1. The van der Waals surface area contributed by atoms with E-state index in [4.69, 9.17) is 0 Å². The normalized spacial score (nSPS) is 22.1. The Hall–Kier alpha value is -1.40. The summed E-state index contributed by atoms with van der Waals surface area (Å²) >= 11 is 0. The number of piperidine rings is 1. The number of nitrogens with one attached hydrogen (secondary N) is 2. The lowest BCUT2D eigenvalue weighted by Gasteiger charge is -2.34. The topological polar surface area (TPSA) is 50.4 Å². The maximum atomic E-state index is 12.4. The first-order valence-electron chi connectivity index (χ1n) is 7.51. The van der Waals surface area contributed by atoms with E-state index in [1.807, 2.05) is 13.8 Å². The monoisotopic (exact) mass is 348 g/mol. The van der Waals surface area contributed by atoms with Crippen LogP contribution in [-0.4, -0.2) is 24.6 Å². The molecule has 1 fully saturated rings. The molecule has 0 bridgehead atoms. The summed E-state index contributed by atoms with van der Waals surface area (Å²) < 4.78 is 28.9. The zero-order valence-electron chi connectivity index (χ0n) is 13.3. The molecule has 7 heteroatoms. The molecule has 0 saturated carbocycles. The minimum Gasteiger partial charge on any atom is -0.435 e. The van der Waals surface area contributed by atoms with Crippen molar-refractivity contribution >= 4 is 18.3 Å². The van der Waals surface area contributed by atoms with Crippen LogP contribution in [0, 0.1) is 0 Å². The average Bonchev–Trinajstić information content (AvgIpc) is 2.47. The van der Waals surface area contributed by atoms with Crippen molar-refractivity contribution in [1.29, 1.82) is 0 Å². The van der Waals surface area contributed by atoms with Crippen molar-refractivity contribution in [1.82, 2.24) is 10.6 Å². The van der Waals surface area contributed by atoms with Gasteiger partial charge in [-0.3, -0.25) is 4.79 Å². The van der Waals surface area contributed by atoms with Gasteiger partial charge >= 0.3 is 6.61 Å². The Bertz CT molecular complexity index is 523. The molecule has 0 aliphatic carbocycles. The van der Waals surface area contributed by atoms with Crippen molar-refractivity contribution < 1.29 is 18.3 Å². The summed E-state index contributed by atoms with van der Waals surface area (Å²) in [6, 6.07) is 6.12. The molecule has 1 heterocycles. The predicted molar refractivity (Wildman–Crippen MR) is 87.1 cm³/mol. The highest BCUT2D eigenvalue weighted by atomic mass is 35.5. The highest BCUT2D eigenvalue weighted by molar-refractivity contribution is 5.86. The highest BCUT2D eigenvalue weighted by Gasteiger charge is 2.34. The van der Waals surface area contributed by atoms with E-state index < -0.39 is 12.2 Å². The molecule has 1 aromatic carbocycles. The molecule has 2 unspecified atom stereocenters. The fraction of sp³-hybridized carbons (Fsp3) is 0.562. The van der Waals surface area contributed by atoms with Crippen LogP contribution in [0.3, 0.4) is 0 Å². The average molecular weight is 349 g/mol. The lowest BCUT2D eigenvalue weighted by molar-refractivity contribution is -0.128. The molecule has 0 aromatic heterocycles. The molecule has 1 aliphatic rings. The molecule has 0 radical (unpaired) electrons. The van der Waals surface area contributed by atoms with Gasteiger partial charge in [-0.15, -0.1) is 12.4 Å². The van der Waals surface area contributed by atoms with Gasteiger partial charge in [0.25, 0.3) is 0 Å². The first-order valence-corrected chi connectivity index (χ1v) is 7.51. The Morgan fingerprint density at radius 1 is 1.39 bits per heavy atom. The third-order valence-electron chi connectivity index (χ3n) is 4.05. The van der Waals surface area contributed by atoms with Crippen molar-refractivity contribution in [2.75, 3.05) is 6.54 Å². The maximum absolute atomic E-state index is 12.4. The zero-order chi connectivity index (χ0) is 16.2. The lowest BCUT2D eigenvalue weighted by atomic mass is 9.89. The molecule has 130 valence electrons. The van der Waals surface area contributed by atoms with Crippen LogP contribution in [-0.2, 0) is 4.79 Å². The Labute approximate surface area is 141 Å². The van der Waals surface area contributed by atoms with Crippen molar-refractivity contribution in [3.8, 4) is 5.75 Å². The number of ether oxygens (including phenoxy) is 1. The largest absolute Gasteiger partial charge is 0.435 e. The van der Waals surface area contributed by atoms with Crippen LogP contribution in [0.2, 0.25) is 0 Å². The highest BCUT2D eigenvalue weighted by Crippen LogP contribution is 2.23. The molecule has 1 aromatic rings. The minimum absolute atomic E-state index is 0. The molecule has 0 spiro atoms. The van der Waals surface area contributed by atoms with Crippen molar-refractivity contribution in [2.45, 2.75) is 51.3 Å². The second kappa shape index (κ2) is 8.45. The van der Waals surface area contributed by atoms with E-state index in [0.717, 1.165) is 31.4 Å². The maximum Gasteiger partial charge on any atom is 0.387 e. The Morgan fingerprint density at radius 3 is 2.74 bits per heavy atom. The van der Waals surface area contributed by atoms with E-state index in [0.29, 0.717) is 0 Å². The number of carbonyl (C=O) groups is 1. The first kappa shape index (κ1) is 19.6. The summed E-state index contributed by atoms with van der Waals surface area (Å²) in [6.07, 6.45) is 2.88. The Kier molecular flexibility index (Phi) is 7.22. The van der Waals surface area contributed by atoms with Crippen LogP contribution in [0.1, 0.15) is 44.7 Å². The van der Waals surface area contributed by atoms with Crippen molar-refractivity contribution in [3.05, 3.63) is 29.8 Å². The molecule has 1 amide bonds. The predicted octanol–water partition coefficient (Wildman–Crippen LogP) is 3.42. The fourth-order valence-electron chi connectivity index (χ4n) is 2.65. The molecule has 1 saturated heterocycles. The van der Waals surface area contributed by atoms with Crippen molar-refractivity contribution in [3.63, 3.8) is 0 Å². The molecule has 4 nitrogen and oxygen atoms in total. The van der Waals surface area contributed by atoms with Crippen molar-refractivity contribution in [2.24, 2.45) is 0 Å². The molecule has 2 atom stereocenters. The van der Waals surface area contributed by atoms with E-state index in [2.05, 4.69) is 15.4 Å². The summed E-state index contributed by atoms with van der Waals surface area (Å²) in [4.78, 5) is 12.4. The third-order valence-corrected chi connectivity index (χ3v) is 4.05. The number of halogens is 3. The van der Waals surface area contributed by atoms with E-state index in [1.54, 1.807) is 12.1 Å². The summed E-state index contributed by atoms with van der Waals surface area (Å²) in [6.45, 7) is 1.69. The van der Waals surface area contributed by atoms with Gasteiger partial charge in [-0.05, 0) is 57.4 Å². The number of hydrogen-bond acceptors (Lipinski definition) is 3. The van der Waals surface area contributed by atoms with Crippen LogP contribution in [0.25, 0.3) is 0 Å².